The Kier molecular flexibility index (Phi) is 6.68. The van der Waals surface area contributed by atoms with Crippen LogP contribution in [0.2, 0.25) is 0 Å². The van der Waals surface area contributed by atoms with Gasteiger partial charge in [0.25, 0.3) is 0 Å². The fraction of sp³-hybridized carbons (Fsp3) is 0.600. The van der Waals surface area contributed by atoms with Crippen molar-refractivity contribution in [1.29, 1.82) is 0 Å². The number of carbonyl (C=O) groups excluding carboxylic acids is 2. The second-order valence-corrected chi connectivity index (χ2v) is 7.81. The normalized spacial score (nSPS) is 19.8. The summed E-state index contributed by atoms with van der Waals surface area (Å²) in [5, 5.41) is 2.95. The maximum atomic E-state index is 12.5. The highest BCUT2D eigenvalue weighted by Gasteiger charge is 2.25. The topological polar surface area (TPSA) is 81.9 Å². The number of likely N-dealkylation sites (tertiary alicyclic amines) is 1. The first-order valence-electron chi connectivity index (χ1n) is 9.83. The number of nitrogens with one attached hydrogen (secondary N) is 1. The number of nitrogens with two attached hydrogens (primary N) is 1. The second kappa shape index (κ2) is 9.19. The smallest absolute Gasteiger partial charge is 0.321 e. The van der Waals surface area contributed by atoms with Gasteiger partial charge in [0.05, 0.1) is 6.42 Å². The molecule has 0 bridgehead atoms. The van der Waals surface area contributed by atoms with Crippen LogP contribution in [-0.4, -0.2) is 79.5 Å². The molecule has 1 aromatic rings. The Labute approximate surface area is 161 Å². The monoisotopic (exact) mass is 373 g/mol. The Morgan fingerprint density at radius 2 is 1.81 bits per heavy atom. The third-order valence-electron chi connectivity index (χ3n) is 5.57. The van der Waals surface area contributed by atoms with E-state index in [-0.39, 0.29) is 18.4 Å². The van der Waals surface area contributed by atoms with Crippen molar-refractivity contribution in [3.05, 3.63) is 29.8 Å². The number of carbonyl (C=O) groups is 2. The average Bonchev–Trinajstić information content (AvgIpc) is 2.64. The highest BCUT2D eigenvalue weighted by Crippen LogP contribution is 2.20. The number of hydrogen-bond donors (Lipinski definition) is 2. The molecule has 0 atom stereocenters. The molecule has 0 saturated carbocycles. The number of urea groups is 1. The van der Waals surface area contributed by atoms with E-state index >= 15 is 0 Å². The Morgan fingerprint density at radius 3 is 2.48 bits per heavy atom. The van der Waals surface area contributed by atoms with Crippen molar-refractivity contribution < 1.29 is 9.59 Å². The lowest BCUT2D eigenvalue weighted by atomic mass is 9.96. The van der Waals surface area contributed by atoms with Crippen LogP contribution < -0.4 is 11.1 Å². The zero-order valence-corrected chi connectivity index (χ0v) is 16.2. The molecule has 3 N–H and O–H groups in total. The first kappa shape index (κ1) is 19.6. The number of likely N-dealkylation sites (N-methyl/N-ethyl adjacent to an activating group) is 1. The van der Waals surface area contributed by atoms with Crippen LogP contribution in [0.15, 0.2) is 24.3 Å². The molecule has 0 aromatic heterocycles. The molecule has 2 saturated heterocycles. The number of primary amides is 1. The van der Waals surface area contributed by atoms with Crippen molar-refractivity contribution in [2.24, 2.45) is 11.7 Å². The van der Waals surface area contributed by atoms with Gasteiger partial charge in [-0.1, -0.05) is 12.1 Å². The first-order chi connectivity index (χ1) is 13.0. The molecule has 2 fully saturated rings. The van der Waals surface area contributed by atoms with Crippen LogP contribution in [0.4, 0.5) is 10.5 Å². The number of piperidine rings is 1. The van der Waals surface area contributed by atoms with Gasteiger partial charge in [0.15, 0.2) is 0 Å². The van der Waals surface area contributed by atoms with Crippen molar-refractivity contribution in [2.75, 3.05) is 58.2 Å². The van der Waals surface area contributed by atoms with Crippen molar-refractivity contribution >= 4 is 17.6 Å². The molecule has 2 aliphatic rings. The summed E-state index contributed by atoms with van der Waals surface area (Å²) in [6.45, 7) is 7.35. The van der Waals surface area contributed by atoms with Gasteiger partial charge in [-0.25, -0.2) is 4.79 Å². The summed E-state index contributed by atoms with van der Waals surface area (Å²) >= 11 is 0. The van der Waals surface area contributed by atoms with Gasteiger partial charge in [0.1, 0.15) is 0 Å². The van der Waals surface area contributed by atoms with Gasteiger partial charge in [0.2, 0.25) is 5.91 Å². The van der Waals surface area contributed by atoms with Crippen molar-refractivity contribution in [1.82, 2.24) is 14.7 Å². The number of amides is 3. The number of rotatable bonds is 5. The number of anilines is 1. The van der Waals surface area contributed by atoms with Crippen LogP contribution in [0.5, 0.6) is 0 Å². The van der Waals surface area contributed by atoms with Crippen molar-refractivity contribution in [3.63, 3.8) is 0 Å². The molecule has 0 unspecified atom stereocenters. The molecule has 0 aliphatic carbocycles. The molecule has 0 spiro atoms. The summed E-state index contributed by atoms with van der Waals surface area (Å²) in [5.74, 6) is 0.303. The number of benzene rings is 1. The molecule has 27 heavy (non-hydrogen) atoms. The van der Waals surface area contributed by atoms with Crippen LogP contribution in [-0.2, 0) is 11.2 Å². The highest BCUT2D eigenvalue weighted by molar-refractivity contribution is 5.89. The van der Waals surface area contributed by atoms with Crippen LogP contribution in [0.1, 0.15) is 18.4 Å². The van der Waals surface area contributed by atoms with Crippen LogP contribution >= 0.6 is 0 Å². The molecule has 7 heteroatoms. The lowest BCUT2D eigenvalue weighted by Crippen LogP contribution is -2.48. The fourth-order valence-electron chi connectivity index (χ4n) is 3.88. The molecule has 3 rings (SSSR count). The summed E-state index contributed by atoms with van der Waals surface area (Å²) in [6, 6.07) is 7.25. The summed E-state index contributed by atoms with van der Waals surface area (Å²) < 4.78 is 0. The molecular weight excluding hydrogens is 342 g/mol. The molecule has 3 amide bonds. The summed E-state index contributed by atoms with van der Waals surface area (Å²) in [4.78, 5) is 30.4. The fourth-order valence-corrected chi connectivity index (χ4v) is 3.88. The third kappa shape index (κ3) is 5.94. The SMILES string of the molecule is CN1CCN(CC2CCN(C(=O)Nc3cccc(CC(N)=O)c3)CC2)CC1. The third-order valence-corrected chi connectivity index (χ3v) is 5.57. The van der Waals surface area contributed by atoms with E-state index in [0.29, 0.717) is 11.6 Å². The number of hydrogen-bond acceptors (Lipinski definition) is 4. The standard InChI is InChI=1S/C20H31N5O2/c1-23-9-11-24(12-10-23)15-16-5-7-25(8-6-16)20(27)22-18-4-2-3-17(13-18)14-19(21)26/h2-4,13,16H,5-12,14-15H2,1H3,(H2,21,26)(H,22,27). The van der Waals surface area contributed by atoms with Gasteiger partial charge < -0.3 is 25.8 Å². The van der Waals surface area contributed by atoms with Gasteiger partial charge in [-0.15, -0.1) is 0 Å². The molecule has 0 radical (unpaired) electrons. The minimum absolute atomic E-state index is 0.0655. The van der Waals surface area contributed by atoms with E-state index in [2.05, 4.69) is 22.2 Å². The van der Waals surface area contributed by atoms with Crippen molar-refractivity contribution in [3.8, 4) is 0 Å². The summed E-state index contributed by atoms with van der Waals surface area (Å²) in [6.07, 6.45) is 2.30. The summed E-state index contributed by atoms with van der Waals surface area (Å²) in [7, 11) is 2.18. The minimum atomic E-state index is -0.374. The van der Waals surface area contributed by atoms with Crippen LogP contribution in [0.3, 0.4) is 0 Å². The van der Waals surface area contributed by atoms with E-state index in [9.17, 15) is 9.59 Å². The lowest BCUT2D eigenvalue weighted by molar-refractivity contribution is -0.117. The predicted molar refractivity (Wildman–Crippen MR) is 107 cm³/mol. The van der Waals surface area contributed by atoms with Crippen molar-refractivity contribution in [2.45, 2.75) is 19.3 Å². The maximum Gasteiger partial charge on any atom is 0.321 e. The van der Waals surface area contributed by atoms with E-state index in [1.54, 1.807) is 0 Å². The number of nitrogens with zero attached hydrogens (tertiary/aromatic N) is 3. The predicted octanol–water partition coefficient (Wildman–Crippen LogP) is 1.21. The Bertz CT molecular complexity index is 650. The number of piperazine rings is 1. The Balaban J connectivity index is 1.44. The second-order valence-electron chi connectivity index (χ2n) is 7.81. The lowest BCUT2D eigenvalue weighted by Gasteiger charge is -2.37. The van der Waals surface area contributed by atoms with E-state index in [1.165, 1.54) is 0 Å². The van der Waals surface area contributed by atoms with Crippen LogP contribution in [0, 0.1) is 5.92 Å². The molecule has 2 heterocycles. The molecule has 2 aliphatic heterocycles. The van der Waals surface area contributed by atoms with Gasteiger partial charge in [-0.2, -0.15) is 0 Å². The highest BCUT2D eigenvalue weighted by atomic mass is 16.2. The van der Waals surface area contributed by atoms with E-state index in [0.717, 1.165) is 64.2 Å². The van der Waals surface area contributed by atoms with Gasteiger partial charge in [0, 0.05) is 51.5 Å². The van der Waals surface area contributed by atoms with Gasteiger partial charge in [-0.3, -0.25) is 4.79 Å². The summed E-state index contributed by atoms with van der Waals surface area (Å²) in [5.41, 5.74) is 6.76. The molecule has 7 nitrogen and oxygen atoms in total. The van der Waals surface area contributed by atoms with Gasteiger partial charge >= 0.3 is 6.03 Å². The van der Waals surface area contributed by atoms with Crippen LogP contribution in [0.25, 0.3) is 0 Å². The first-order valence-corrected chi connectivity index (χ1v) is 9.83. The minimum Gasteiger partial charge on any atom is -0.369 e. The molecule has 148 valence electrons. The maximum absolute atomic E-state index is 12.5. The quantitative estimate of drug-likeness (QED) is 0.813. The molecular formula is C20H31N5O2. The zero-order valence-electron chi connectivity index (χ0n) is 16.2. The zero-order chi connectivity index (χ0) is 19.2. The van der Waals surface area contributed by atoms with E-state index < -0.39 is 0 Å². The van der Waals surface area contributed by atoms with Gasteiger partial charge in [-0.05, 0) is 43.5 Å². The Hall–Kier alpha value is -2.12. The average molecular weight is 374 g/mol. The van der Waals surface area contributed by atoms with E-state index in [4.69, 9.17) is 5.73 Å². The Morgan fingerprint density at radius 1 is 1.11 bits per heavy atom. The molecule has 1 aromatic carbocycles. The van der Waals surface area contributed by atoms with E-state index in [1.807, 2.05) is 29.2 Å². The largest absolute Gasteiger partial charge is 0.369 e.